The molecule has 1 amide bonds. The largest absolute Gasteiger partial charge is 0.489 e. The van der Waals surface area contributed by atoms with Crippen LogP contribution in [-0.4, -0.2) is 40.5 Å². The van der Waals surface area contributed by atoms with E-state index < -0.39 is 9.73 Å². The third-order valence-electron chi connectivity index (χ3n) is 4.84. The van der Waals surface area contributed by atoms with E-state index in [1.165, 1.54) is 6.26 Å². The molecule has 5 nitrogen and oxygen atoms in total. The van der Waals surface area contributed by atoms with Crippen molar-refractivity contribution >= 4 is 15.6 Å². The summed E-state index contributed by atoms with van der Waals surface area (Å²) in [5.41, 5.74) is 1.08. The van der Waals surface area contributed by atoms with Gasteiger partial charge in [0.2, 0.25) is 5.91 Å². The van der Waals surface area contributed by atoms with Gasteiger partial charge in [0.25, 0.3) is 0 Å². The molecule has 0 saturated carbocycles. The van der Waals surface area contributed by atoms with E-state index in [0.29, 0.717) is 36.1 Å². The molecule has 1 fully saturated rings. The Kier molecular flexibility index (Phi) is 7.18. The van der Waals surface area contributed by atoms with Crippen molar-refractivity contribution in [2.24, 2.45) is 11.3 Å². The topological polar surface area (TPSA) is 70.5 Å². The molecule has 1 aromatic rings. The monoisotopic (exact) mass is 408 g/mol. The minimum atomic E-state index is -2.88. The number of hydrogen-bond donors (Lipinski definition) is 1. The summed E-state index contributed by atoms with van der Waals surface area (Å²) in [7, 11) is -2.88. The average Bonchev–Trinajstić information content (AvgIpc) is 2.54. The number of hydrogen-bond acceptors (Lipinski definition) is 4. The summed E-state index contributed by atoms with van der Waals surface area (Å²) < 4.78 is 26.7. The van der Waals surface area contributed by atoms with Crippen LogP contribution in [-0.2, 0) is 20.9 Å². The lowest BCUT2D eigenvalue weighted by Gasteiger charge is -2.34. The number of ether oxygens (including phenoxy) is 1. The Balaban J connectivity index is 2.05. The highest BCUT2D eigenvalue weighted by Gasteiger charge is 2.27. The summed E-state index contributed by atoms with van der Waals surface area (Å²) >= 11 is 0. The van der Waals surface area contributed by atoms with Gasteiger partial charge >= 0.3 is 0 Å². The lowest BCUT2D eigenvalue weighted by Crippen LogP contribution is -2.42. The lowest BCUT2D eigenvalue weighted by molar-refractivity contribution is -0.134. The molecule has 28 heavy (non-hydrogen) atoms. The Hall–Kier alpha value is -1.56. The summed E-state index contributed by atoms with van der Waals surface area (Å²) in [6.45, 7) is 11.9. The number of likely N-dealkylation sites (tertiary alicyclic amines) is 1. The van der Waals surface area contributed by atoms with E-state index in [1.807, 2.05) is 23.1 Å². The molecule has 0 bridgehead atoms. The van der Waals surface area contributed by atoms with Crippen molar-refractivity contribution in [3.63, 3.8) is 0 Å². The van der Waals surface area contributed by atoms with E-state index in [1.54, 1.807) is 0 Å². The maximum absolute atomic E-state index is 12.5. The van der Waals surface area contributed by atoms with E-state index in [2.05, 4.69) is 34.6 Å². The van der Waals surface area contributed by atoms with E-state index in [9.17, 15) is 9.00 Å². The number of benzene rings is 1. The quantitative estimate of drug-likeness (QED) is 0.740. The van der Waals surface area contributed by atoms with Crippen LogP contribution >= 0.6 is 0 Å². The summed E-state index contributed by atoms with van der Waals surface area (Å²) in [6, 6.07) is 5.74. The smallest absolute Gasteiger partial charge is 0.223 e. The first-order chi connectivity index (χ1) is 12.8. The molecule has 0 spiro atoms. The van der Waals surface area contributed by atoms with Gasteiger partial charge in [-0.25, -0.2) is 8.99 Å². The van der Waals surface area contributed by atoms with Gasteiger partial charge in [-0.1, -0.05) is 40.7 Å². The lowest BCUT2D eigenvalue weighted by atomic mass is 9.91. The predicted octanol–water partition coefficient (Wildman–Crippen LogP) is 4.73. The Morgan fingerprint density at radius 3 is 2.39 bits per heavy atom. The van der Waals surface area contributed by atoms with Gasteiger partial charge in [-0.05, 0) is 35.4 Å². The van der Waals surface area contributed by atoms with Gasteiger partial charge in [-0.3, -0.25) is 4.79 Å². The van der Waals surface area contributed by atoms with Crippen molar-refractivity contribution < 1.29 is 13.7 Å². The zero-order chi connectivity index (χ0) is 21.1. The molecule has 6 heteroatoms. The van der Waals surface area contributed by atoms with Crippen molar-refractivity contribution in [3.05, 3.63) is 23.8 Å². The highest BCUT2D eigenvalue weighted by atomic mass is 32.2. The van der Waals surface area contributed by atoms with Gasteiger partial charge in [0.15, 0.2) is 0 Å². The number of carbonyl (C=O) groups is 1. The van der Waals surface area contributed by atoms with Gasteiger partial charge in [-0.15, -0.1) is 0 Å². The van der Waals surface area contributed by atoms with Crippen LogP contribution in [0.5, 0.6) is 5.75 Å². The van der Waals surface area contributed by atoms with Crippen LogP contribution in [0.3, 0.4) is 0 Å². The molecule has 1 atom stereocenters. The zero-order valence-corrected chi connectivity index (χ0v) is 19.0. The molecule has 1 aliphatic rings. The van der Waals surface area contributed by atoms with Crippen LogP contribution in [0.1, 0.15) is 59.4 Å². The van der Waals surface area contributed by atoms with Crippen LogP contribution in [0.15, 0.2) is 23.1 Å². The van der Waals surface area contributed by atoms with Gasteiger partial charge in [0.1, 0.15) is 11.9 Å². The highest BCUT2D eigenvalue weighted by molar-refractivity contribution is 7.91. The molecule has 0 radical (unpaired) electrons. The number of rotatable bonds is 6. The Labute approximate surface area is 170 Å². The third-order valence-corrected chi connectivity index (χ3v) is 6.00. The first kappa shape index (κ1) is 22.7. The van der Waals surface area contributed by atoms with E-state index in [0.717, 1.165) is 24.8 Å². The summed E-state index contributed by atoms with van der Waals surface area (Å²) in [5, 5.41) is 0. The molecule has 0 aliphatic carbocycles. The van der Waals surface area contributed by atoms with E-state index in [4.69, 9.17) is 9.52 Å². The molecule has 1 N–H and O–H groups in total. The average molecular weight is 409 g/mol. The minimum absolute atomic E-state index is 0.00739. The van der Waals surface area contributed by atoms with Crippen molar-refractivity contribution in [2.75, 3.05) is 19.3 Å². The molecule has 1 aliphatic heterocycles. The molecule has 1 heterocycles. The third kappa shape index (κ3) is 6.80. The molecule has 1 saturated heterocycles. The molecule has 0 aromatic heterocycles. The fourth-order valence-corrected chi connectivity index (χ4v) is 4.40. The second-order valence-corrected chi connectivity index (χ2v) is 11.8. The highest BCUT2D eigenvalue weighted by Crippen LogP contribution is 2.30. The van der Waals surface area contributed by atoms with Crippen LogP contribution in [0.25, 0.3) is 0 Å². The molecular weight excluding hydrogens is 372 g/mol. The fraction of sp³-hybridized carbons (Fsp3) is 0.682. The van der Waals surface area contributed by atoms with Gasteiger partial charge < -0.3 is 9.64 Å². The van der Waals surface area contributed by atoms with Crippen molar-refractivity contribution in [1.29, 1.82) is 4.78 Å². The minimum Gasteiger partial charge on any atom is -0.489 e. The second kappa shape index (κ2) is 8.85. The summed E-state index contributed by atoms with van der Waals surface area (Å²) in [4.78, 5) is 14.8. The van der Waals surface area contributed by atoms with Crippen LogP contribution in [0.2, 0.25) is 0 Å². The predicted molar refractivity (Wildman–Crippen MR) is 114 cm³/mol. The van der Waals surface area contributed by atoms with Gasteiger partial charge in [-0.2, -0.15) is 0 Å². The van der Waals surface area contributed by atoms with Crippen LogP contribution in [0, 0.1) is 16.1 Å². The molecule has 1 unspecified atom stereocenters. The number of carbonyl (C=O) groups excluding carboxylic acids is 1. The number of nitrogens with one attached hydrogen (secondary N) is 1. The fourth-order valence-electron chi connectivity index (χ4n) is 3.52. The summed E-state index contributed by atoms with van der Waals surface area (Å²) in [5.74, 6) is 1.25. The first-order valence-corrected chi connectivity index (χ1v) is 12.1. The standard InChI is InChI=1S/C22H36N2O3S/c1-16(2)13-17-7-8-19(20(14-17)28(6,23)26)27-18-9-11-24(12-10-18)21(25)15-22(3,4)5/h7-8,14,16,18,23H,9-13,15H2,1-6H3. The number of nitrogens with zero attached hydrogens (tertiary/aromatic N) is 1. The zero-order valence-electron chi connectivity index (χ0n) is 18.2. The molecular formula is C22H36N2O3S. The van der Waals surface area contributed by atoms with Crippen molar-refractivity contribution in [3.8, 4) is 5.75 Å². The Morgan fingerprint density at radius 1 is 1.29 bits per heavy atom. The van der Waals surface area contributed by atoms with Crippen LogP contribution in [0.4, 0.5) is 0 Å². The maximum atomic E-state index is 12.5. The van der Waals surface area contributed by atoms with E-state index in [-0.39, 0.29) is 17.4 Å². The van der Waals surface area contributed by atoms with E-state index >= 15 is 0 Å². The van der Waals surface area contributed by atoms with Gasteiger partial charge in [0.05, 0.1) is 14.6 Å². The SMILES string of the molecule is CC(C)Cc1ccc(OC2CCN(C(=O)CC(C)(C)C)CC2)c(S(C)(=N)=O)c1. The maximum Gasteiger partial charge on any atom is 0.223 e. The van der Waals surface area contributed by atoms with Crippen LogP contribution < -0.4 is 4.74 Å². The second-order valence-electron chi connectivity index (χ2n) is 9.66. The number of amides is 1. The number of piperidine rings is 1. The van der Waals surface area contributed by atoms with Gasteiger partial charge in [0, 0.05) is 38.6 Å². The van der Waals surface area contributed by atoms with Crippen molar-refractivity contribution in [1.82, 2.24) is 4.90 Å². The first-order valence-electron chi connectivity index (χ1n) is 10.2. The normalized spacial score (nSPS) is 18.2. The summed E-state index contributed by atoms with van der Waals surface area (Å²) in [6.07, 6.45) is 4.38. The Bertz CT molecular complexity index is 786. The Morgan fingerprint density at radius 2 is 1.89 bits per heavy atom. The molecule has 158 valence electrons. The van der Waals surface area contributed by atoms with Crippen molar-refractivity contribution in [2.45, 2.75) is 71.3 Å². The molecule has 1 aromatic carbocycles. The molecule has 2 rings (SSSR count).